The molecule has 3 amide bonds. The lowest BCUT2D eigenvalue weighted by atomic mass is 9.87. The Balaban J connectivity index is 1.69. The van der Waals surface area contributed by atoms with Gasteiger partial charge in [-0.3, -0.25) is 14.5 Å². The van der Waals surface area contributed by atoms with Crippen molar-refractivity contribution in [3.05, 3.63) is 53.4 Å². The average Bonchev–Trinajstić information content (AvgIpc) is 3.17. The van der Waals surface area contributed by atoms with Gasteiger partial charge in [-0.25, -0.2) is 4.79 Å². The van der Waals surface area contributed by atoms with Gasteiger partial charge in [-0.05, 0) is 18.9 Å². The number of aromatic nitrogens is 1. The summed E-state index contributed by atoms with van der Waals surface area (Å²) in [7, 11) is 0. The number of carbonyl (C=O) groups excluding carboxylic acids is 3. The standard InChI is InChI=1S/C18H19N3O5/c1-3-18(13-7-5-4-6-8-13)16(23)21(17(24)19-18)10-15(22)25-11-14-9-12(2)20-26-14/h4-9H,3,10-11H2,1-2H3,(H,19,24). The Hall–Kier alpha value is -3.16. The largest absolute Gasteiger partial charge is 0.456 e. The zero-order valence-electron chi connectivity index (χ0n) is 14.5. The van der Waals surface area contributed by atoms with E-state index < -0.39 is 30.0 Å². The zero-order chi connectivity index (χ0) is 18.7. The van der Waals surface area contributed by atoms with E-state index >= 15 is 0 Å². The highest BCUT2D eigenvalue weighted by atomic mass is 16.5. The molecule has 0 bridgehead atoms. The molecule has 26 heavy (non-hydrogen) atoms. The Kier molecular flexibility index (Phi) is 4.75. The first kappa shape index (κ1) is 17.7. The van der Waals surface area contributed by atoms with Crippen molar-refractivity contribution in [2.75, 3.05) is 6.54 Å². The smallest absolute Gasteiger partial charge is 0.326 e. The van der Waals surface area contributed by atoms with E-state index in [1.165, 1.54) is 0 Å². The molecule has 8 heteroatoms. The van der Waals surface area contributed by atoms with E-state index in [2.05, 4.69) is 10.5 Å². The summed E-state index contributed by atoms with van der Waals surface area (Å²) in [6, 6.07) is 9.98. The van der Waals surface area contributed by atoms with E-state index in [1.807, 2.05) is 6.07 Å². The summed E-state index contributed by atoms with van der Waals surface area (Å²) in [6.07, 6.45) is 0.366. The molecule has 1 aliphatic rings. The van der Waals surface area contributed by atoms with E-state index in [9.17, 15) is 14.4 Å². The number of nitrogens with zero attached hydrogens (tertiary/aromatic N) is 2. The summed E-state index contributed by atoms with van der Waals surface area (Å²) in [6.45, 7) is 2.97. The molecule has 2 heterocycles. The molecular formula is C18H19N3O5. The van der Waals surface area contributed by atoms with Crippen molar-refractivity contribution in [1.82, 2.24) is 15.4 Å². The Bertz CT molecular complexity index is 832. The maximum Gasteiger partial charge on any atom is 0.326 e. The number of benzene rings is 1. The van der Waals surface area contributed by atoms with Gasteiger partial charge in [-0.1, -0.05) is 42.4 Å². The van der Waals surface area contributed by atoms with Crippen LogP contribution in [0.1, 0.15) is 30.4 Å². The first-order chi connectivity index (χ1) is 12.5. The maximum atomic E-state index is 12.9. The minimum Gasteiger partial charge on any atom is -0.456 e. The van der Waals surface area contributed by atoms with Crippen molar-refractivity contribution < 1.29 is 23.6 Å². The summed E-state index contributed by atoms with van der Waals surface area (Å²) in [5.74, 6) is -0.786. The van der Waals surface area contributed by atoms with Gasteiger partial charge in [0.15, 0.2) is 12.4 Å². The van der Waals surface area contributed by atoms with Crippen LogP contribution in [0, 0.1) is 6.92 Å². The van der Waals surface area contributed by atoms with Gasteiger partial charge in [-0.2, -0.15) is 0 Å². The van der Waals surface area contributed by atoms with E-state index in [0.29, 0.717) is 23.4 Å². The van der Waals surface area contributed by atoms with Crippen LogP contribution < -0.4 is 5.32 Å². The molecule has 0 spiro atoms. The average molecular weight is 357 g/mol. The van der Waals surface area contributed by atoms with Gasteiger partial charge in [0.1, 0.15) is 12.1 Å². The molecule has 1 aromatic carbocycles. The second kappa shape index (κ2) is 6.99. The van der Waals surface area contributed by atoms with Crippen molar-refractivity contribution in [3.8, 4) is 0 Å². The van der Waals surface area contributed by atoms with E-state index in [0.717, 1.165) is 4.90 Å². The Morgan fingerprint density at radius 2 is 2.04 bits per heavy atom. The predicted molar refractivity (Wildman–Crippen MR) is 89.7 cm³/mol. The fourth-order valence-electron chi connectivity index (χ4n) is 2.94. The lowest BCUT2D eigenvalue weighted by molar-refractivity contribution is -0.149. The molecule has 2 aromatic rings. The molecule has 1 fully saturated rings. The maximum absolute atomic E-state index is 12.9. The van der Waals surface area contributed by atoms with Crippen LogP contribution in [0.2, 0.25) is 0 Å². The van der Waals surface area contributed by atoms with Crippen LogP contribution >= 0.6 is 0 Å². The molecule has 0 radical (unpaired) electrons. The van der Waals surface area contributed by atoms with E-state index in [1.54, 1.807) is 44.2 Å². The van der Waals surface area contributed by atoms with Crippen molar-refractivity contribution in [3.63, 3.8) is 0 Å². The fraction of sp³-hybridized carbons (Fsp3) is 0.333. The molecule has 1 unspecified atom stereocenters. The molecule has 1 aliphatic heterocycles. The monoisotopic (exact) mass is 357 g/mol. The Morgan fingerprint density at radius 1 is 1.31 bits per heavy atom. The number of hydrogen-bond donors (Lipinski definition) is 1. The number of amides is 3. The number of aryl methyl sites for hydroxylation is 1. The van der Waals surface area contributed by atoms with Crippen molar-refractivity contribution in [2.45, 2.75) is 32.4 Å². The van der Waals surface area contributed by atoms with Gasteiger partial charge in [0.05, 0.1) is 5.69 Å². The first-order valence-electron chi connectivity index (χ1n) is 8.23. The summed E-state index contributed by atoms with van der Waals surface area (Å²) in [5.41, 5.74) is 0.176. The second-order valence-corrected chi connectivity index (χ2v) is 6.04. The highest BCUT2D eigenvalue weighted by molar-refractivity contribution is 6.09. The number of carbonyl (C=O) groups is 3. The number of imide groups is 1. The number of esters is 1. The lowest BCUT2D eigenvalue weighted by Crippen LogP contribution is -2.43. The van der Waals surface area contributed by atoms with Gasteiger partial charge in [0.25, 0.3) is 5.91 Å². The van der Waals surface area contributed by atoms with Crippen molar-refractivity contribution in [2.24, 2.45) is 0 Å². The molecular weight excluding hydrogens is 338 g/mol. The van der Waals surface area contributed by atoms with Crippen molar-refractivity contribution in [1.29, 1.82) is 0 Å². The van der Waals surface area contributed by atoms with Crippen LogP contribution in [0.4, 0.5) is 4.79 Å². The highest BCUT2D eigenvalue weighted by Gasteiger charge is 2.51. The summed E-state index contributed by atoms with van der Waals surface area (Å²) in [4.78, 5) is 38.1. The summed E-state index contributed by atoms with van der Waals surface area (Å²) in [5, 5.41) is 6.41. The first-order valence-corrected chi connectivity index (χ1v) is 8.23. The molecule has 1 N–H and O–H groups in total. The van der Waals surface area contributed by atoms with Gasteiger partial charge in [-0.15, -0.1) is 0 Å². The molecule has 1 aromatic heterocycles. The van der Waals surface area contributed by atoms with Gasteiger partial charge in [0.2, 0.25) is 0 Å². The van der Waals surface area contributed by atoms with Gasteiger partial charge < -0.3 is 14.6 Å². The minimum absolute atomic E-state index is 0.110. The van der Waals surface area contributed by atoms with Crippen LogP contribution in [0.25, 0.3) is 0 Å². The molecule has 0 saturated carbocycles. The van der Waals surface area contributed by atoms with Gasteiger partial charge in [0, 0.05) is 6.07 Å². The third-order valence-corrected chi connectivity index (χ3v) is 4.31. The molecule has 8 nitrogen and oxygen atoms in total. The topological polar surface area (TPSA) is 102 Å². The molecule has 136 valence electrons. The molecule has 1 atom stereocenters. The number of rotatable bonds is 6. The number of ether oxygens (including phenoxy) is 1. The van der Waals surface area contributed by atoms with Crippen LogP contribution in [0.15, 0.2) is 40.9 Å². The molecule has 1 saturated heterocycles. The normalized spacial score (nSPS) is 19.5. The second-order valence-electron chi connectivity index (χ2n) is 6.04. The van der Waals surface area contributed by atoms with Crippen LogP contribution in [0.3, 0.4) is 0 Å². The third-order valence-electron chi connectivity index (χ3n) is 4.31. The highest BCUT2D eigenvalue weighted by Crippen LogP contribution is 2.32. The molecule has 3 rings (SSSR count). The minimum atomic E-state index is -1.17. The van der Waals surface area contributed by atoms with E-state index in [4.69, 9.17) is 9.26 Å². The third kappa shape index (κ3) is 3.17. The van der Waals surface area contributed by atoms with Crippen molar-refractivity contribution >= 4 is 17.9 Å². The summed E-state index contributed by atoms with van der Waals surface area (Å²) >= 11 is 0. The Labute approximate surface area is 150 Å². The number of nitrogens with one attached hydrogen (secondary N) is 1. The SMILES string of the molecule is CCC1(c2ccccc2)NC(=O)N(CC(=O)OCc2cc(C)no2)C1=O. The van der Waals surface area contributed by atoms with Crippen LogP contribution in [-0.4, -0.2) is 34.5 Å². The Morgan fingerprint density at radius 3 is 2.65 bits per heavy atom. The quantitative estimate of drug-likeness (QED) is 0.626. The molecule has 0 aliphatic carbocycles. The van der Waals surface area contributed by atoms with E-state index in [-0.39, 0.29) is 6.61 Å². The number of urea groups is 1. The zero-order valence-corrected chi connectivity index (χ0v) is 14.5. The lowest BCUT2D eigenvalue weighted by Gasteiger charge is -2.25. The number of hydrogen-bond acceptors (Lipinski definition) is 6. The fourth-order valence-corrected chi connectivity index (χ4v) is 2.94. The van der Waals surface area contributed by atoms with Gasteiger partial charge >= 0.3 is 12.0 Å². The van der Waals surface area contributed by atoms with Crippen LogP contribution in [0.5, 0.6) is 0 Å². The van der Waals surface area contributed by atoms with Crippen LogP contribution in [-0.2, 0) is 26.5 Å². The predicted octanol–water partition coefficient (Wildman–Crippen LogP) is 1.88. The summed E-state index contributed by atoms with van der Waals surface area (Å²) < 4.78 is 10.0.